The molecule has 0 saturated carbocycles. The van der Waals surface area contributed by atoms with Crippen LogP contribution in [0.1, 0.15) is 36.8 Å². The molecule has 0 aromatic heterocycles. The van der Waals surface area contributed by atoms with E-state index in [4.69, 9.17) is 11.1 Å². The van der Waals surface area contributed by atoms with Gasteiger partial charge in [-0.1, -0.05) is 12.5 Å². The Hall–Kier alpha value is -1.55. The van der Waals surface area contributed by atoms with Crippen LogP contribution in [0.5, 0.6) is 0 Å². The third kappa shape index (κ3) is 3.05. The van der Waals surface area contributed by atoms with Gasteiger partial charge in [0.2, 0.25) is 0 Å². The van der Waals surface area contributed by atoms with Crippen LogP contribution < -0.4 is 10.6 Å². The summed E-state index contributed by atoms with van der Waals surface area (Å²) in [4.78, 5) is 5.08. The number of nitrogens with two attached hydrogens (primary N) is 1. The Labute approximate surface area is 127 Å². The maximum atomic E-state index is 7.80. The smallest absolute Gasteiger partial charge is 0.124 e. The van der Waals surface area contributed by atoms with Crippen LogP contribution in [0.4, 0.5) is 5.69 Å². The molecule has 0 radical (unpaired) electrons. The molecule has 4 heteroatoms. The third-order valence-electron chi connectivity index (χ3n) is 4.85. The van der Waals surface area contributed by atoms with Gasteiger partial charge in [0.15, 0.2) is 0 Å². The van der Waals surface area contributed by atoms with Gasteiger partial charge in [-0.05, 0) is 57.0 Å². The van der Waals surface area contributed by atoms with Crippen LogP contribution in [-0.4, -0.2) is 43.0 Å². The summed E-state index contributed by atoms with van der Waals surface area (Å²) in [6.45, 7) is 6.76. The van der Waals surface area contributed by atoms with E-state index in [-0.39, 0.29) is 5.84 Å². The van der Waals surface area contributed by atoms with Gasteiger partial charge in [0.05, 0.1) is 0 Å². The van der Waals surface area contributed by atoms with E-state index < -0.39 is 0 Å². The van der Waals surface area contributed by atoms with Gasteiger partial charge in [-0.2, -0.15) is 0 Å². The second-order valence-corrected chi connectivity index (χ2v) is 6.42. The molecule has 1 aromatic rings. The fourth-order valence-electron chi connectivity index (χ4n) is 3.67. The molecule has 0 amide bonds. The molecule has 114 valence electrons. The van der Waals surface area contributed by atoms with Crippen LogP contribution in [-0.2, 0) is 0 Å². The van der Waals surface area contributed by atoms with Crippen molar-refractivity contribution in [3.63, 3.8) is 0 Å². The molecule has 0 aliphatic carbocycles. The van der Waals surface area contributed by atoms with E-state index in [2.05, 4.69) is 22.8 Å². The monoisotopic (exact) mass is 286 g/mol. The number of piperidine rings is 1. The molecule has 3 rings (SSSR count). The predicted octanol–water partition coefficient (Wildman–Crippen LogP) is 2.34. The SMILES string of the molecule is Cc1ccc(C(=N)N)c(N2CCC(N3CCCCC3)C2)c1. The Kier molecular flexibility index (Phi) is 4.15. The van der Waals surface area contributed by atoms with E-state index in [1.165, 1.54) is 44.3 Å². The Morgan fingerprint density at radius 3 is 2.67 bits per heavy atom. The van der Waals surface area contributed by atoms with Crippen molar-refractivity contribution in [3.05, 3.63) is 29.3 Å². The van der Waals surface area contributed by atoms with Crippen LogP contribution in [0, 0.1) is 12.3 Å². The van der Waals surface area contributed by atoms with Gasteiger partial charge in [0.25, 0.3) is 0 Å². The van der Waals surface area contributed by atoms with Crippen LogP contribution in [0.25, 0.3) is 0 Å². The van der Waals surface area contributed by atoms with E-state index in [1.807, 2.05) is 12.1 Å². The van der Waals surface area contributed by atoms with Crippen LogP contribution >= 0.6 is 0 Å². The van der Waals surface area contributed by atoms with E-state index in [0.29, 0.717) is 6.04 Å². The minimum absolute atomic E-state index is 0.173. The van der Waals surface area contributed by atoms with Crippen molar-refractivity contribution in [2.45, 2.75) is 38.6 Å². The van der Waals surface area contributed by atoms with Crippen molar-refractivity contribution < 1.29 is 0 Å². The summed E-state index contributed by atoms with van der Waals surface area (Å²) in [7, 11) is 0. The number of likely N-dealkylation sites (tertiary alicyclic amines) is 1. The van der Waals surface area contributed by atoms with E-state index in [9.17, 15) is 0 Å². The highest BCUT2D eigenvalue weighted by atomic mass is 15.3. The van der Waals surface area contributed by atoms with Crippen molar-refractivity contribution in [3.8, 4) is 0 Å². The molecule has 2 heterocycles. The Balaban J connectivity index is 1.76. The van der Waals surface area contributed by atoms with Gasteiger partial charge >= 0.3 is 0 Å². The highest BCUT2D eigenvalue weighted by Crippen LogP contribution is 2.28. The van der Waals surface area contributed by atoms with Crippen LogP contribution in [0.2, 0.25) is 0 Å². The van der Waals surface area contributed by atoms with Crippen molar-refractivity contribution in [2.24, 2.45) is 5.73 Å². The largest absolute Gasteiger partial charge is 0.384 e. The highest BCUT2D eigenvalue weighted by molar-refractivity contribution is 6.00. The number of nitrogens with one attached hydrogen (secondary N) is 1. The summed E-state index contributed by atoms with van der Waals surface area (Å²) in [5, 5.41) is 7.80. The Morgan fingerprint density at radius 2 is 1.95 bits per heavy atom. The van der Waals surface area contributed by atoms with Crippen molar-refractivity contribution in [1.82, 2.24) is 4.90 Å². The zero-order chi connectivity index (χ0) is 14.8. The first-order valence-electron chi connectivity index (χ1n) is 8.09. The molecule has 2 saturated heterocycles. The van der Waals surface area contributed by atoms with Crippen molar-refractivity contribution >= 4 is 11.5 Å². The van der Waals surface area contributed by atoms with E-state index >= 15 is 0 Å². The molecule has 21 heavy (non-hydrogen) atoms. The zero-order valence-electron chi connectivity index (χ0n) is 12.9. The van der Waals surface area contributed by atoms with Gasteiger partial charge in [-0.15, -0.1) is 0 Å². The van der Waals surface area contributed by atoms with Gasteiger partial charge in [-0.3, -0.25) is 10.3 Å². The first-order chi connectivity index (χ1) is 10.1. The first kappa shape index (κ1) is 14.4. The number of aryl methyl sites for hydroxylation is 1. The molecule has 4 nitrogen and oxygen atoms in total. The number of amidine groups is 1. The summed E-state index contributed by atoms with van der Waals surface area (Å²) >= 11 is 0. The van der Waals surface area contributed by atoms with E-state index in [0.717, 1.165) is 24.3 Å². The van der Waals surface area contributed by atoms with Crippen molar-refractivity contribution in [1.29, 1.82) is 5.41 Å². The van der Waals surface area contributed by atoms with E-state index in [1.54, 1.807) is 0 Å². The molecule has 2 aliphatic heterocycles. The second kappa shape index (κ2) is 6.06. The molecule has 1 unspecified atom stereocenters. The molecule has 0 bridgehead atoms. The lowest BCUT2D eigenvalue weighted by atomic mass is 10.1. The van der Waals surface area contributed by atoms with Gasteiger partial charge in [0.1, 0.15) is 5.84 Å². The minimum atomic E-state index is 0.173. The zero-order valence-corrected chi connectivity index (χ0v) is 12.9. The lowest BCUT2D eigenvalue weighted by Crippen LogP contribution is -2.41. The molecular weight excluding hydrogens is 260 g/mol. The summed E-state index contributed by atoms with van der Waals surface area (Å²) in [5.74, 6) is 0.173. The molecule has 0 spiro atoms. The molecule has 1 aromatic carbocycles. The second-order valence-electron chi connectivity index (χ2n) is 6.42. The Bertz CT molecular complexity index is 520. The topological polar surface area (TPSA) is 56.4 Å². The summed E-state index contributed by atoms with van der Waals surface area (Å²) in [6.07, 6.45) is 5.31. The molecule has 2 fully saturated rings. The molecule has 3 N–H and O–H groups in total. The number of hydrogen-bond acceptors (Lipinski definition) is 3. The number of benzene rings is 1. The predicted molar refractivity (Wildman–Crippen MR) is 88.2 cm³/mol. The average molecular weight is 286 g/mol. The lowest BCUT2D eigenvalue weighted by molar-refractivity contribution is 0.175. The van der Waals surface area contributed by atoms with Crippen LogP contribution in [0.3, 0.4) is 0 Å². The molecule has 1 atom stereocenters. The Morgan fingerprint density at radius 1 is 1.19 bits per heavy atom. The van der Waals surface area contributed by atoms with Crippen LogP contribution in [0.15, 0.2) is 18.2 Å². The minimum Gasteiger partial charge on any atom is -0.384 e. The van der Waals surface area contributed by atoms with Gasteiger partial charge in [0, 0.05) is 30.4 Å². The third-order valence-corrected chi connectivity index (χ3v) is 4.85. The summed E-state index contributed by atoms with van der Waals surface area (Å²) < 4.78 is 0. The number of nitrogens with zero attached hydrogens (tertiary/aromatic N) is 2. The fourth-order valence-corrected chi connectivity index (χ4v) is 3.67. The normalized spacial score (nSPS) is 23.5. The number of hydrogen-bond donors (Lipinski definition) is 2. The van der Waals surface area contributed by atoms with Crippen molar-refractivity contribution in [2.75, 3.05) is 31.1 Å². The maximum Gasteiger partial charge on any atom is 0.124 e. The highest BCUT2D eigenvalue weighted by Gasteiger charge is 2.29. The first-order valence-corrected chi connectivity index (χ1v) is 8.09. The summed E-state index contributed by atoms with van der Waals surface area (Å²) in [6, 6.07) is 6.88. The lowest BCUT2D eigenvalue weighted by Gasteiger charge is -2.32. The number of anilines is 1. The standard InChI is InChI=1S/C17H26N4/c1-13-5-6-15(17(18)19)16(11-13)21-10-7-14(12-21)20-8-3-2-4-9-20/h5-6,11,14H,2-4,7-10,12H2,1H3,(H3,18,19). The number of nitrogen functional groups attached to an aromatic ring is 1. The maximum absolute atomic E-state index is 7.80. The average Bonchev–Trinajstić information content (AvgIpc) is 2.97. The number of rotatable bonds is 3. The molecular formula is C17H26N4. The molecule has 2 aliphatic rings. The quantitative estimate of drug-likeness (QED) is 0.662. The fraction of sp³-hybridized carbons (Fsp3) is 0.588. The van der Waals surface area contributed by atoms with Gasteiger partial charge < -0.3 is 10.6 Å². The van der Waals surface area contributed by atoms with Gasteiger partial charge in [-0.25, -0.2) is 0 Å². The summed E-state index contributed by atoms with van der Waals surface area (Å²) in [5.41, 5.74) is 9.00.